The normalized spacial score (nSPS) is 14.4. The van der Waals surface area contributed by atoms with Gasteiger partial charge in [0.15, 0.2) is 0 Å². The third kappa shape index (κ3) is 4.26. The predicted octanol–water partition coefficient (Wildman–Crippen LogP) is 2.49. The van der Waals surface area contributed by atoms with Gasteiger partial charge >= 0.3 is 0 Å². The minimum absolute atomic E-state index is 0.0358. The summed E-state index contributed by atoms with van der Waals surface area (Å²) < 4.78 is 1.48. The molecular formula is C19H24N4O2. The highest BCUT2D eigenvalue weighted by Gasteiger charge is 2.19. The van der Waals surface area contributed by atoms with Crippen LogP contribution in [0.25, 0.3) is 0 Å². The Morgan fingerprint density at radius 1 is 1.16 bits per heavy atom. The van der Waals surface area contributed by atoms with E-state index in [4.69, 9.17) is 0 Å². The van der Waals surface area contributed by atoms with E-state index in [0.29, 0.717) is 11.6 Å². The van der Waals surface area contributed by atoms with Gasteiger partial charge in [-0.2, -0.15) is 0 Å². The molecule has 6 heteroatoms. The van der Waals surface area contributed by atoms with Crippen molar-refractivity contribution in [3.8, 4) is 0 Å². The first-order valence-corrected chi connectivity index (χ1v) is 8.73. The Bertz CT molecular complexity index is 822. The number of carbonyl (C=O) groups is 1. The van der Waals surface area contributed by atoms with Crippen LogP contribution in [-0.2, 0) is 11.3 Å². The van der Waals surface area contributed by atoms with E-state index in [0.717, 1.165) is 37.2 Å². The lowest BCUT2D eigenvalue weighted by atomic mass is 10.1. The van der Waals surface area contributed by atoms with Crippen molar-refractivity contribution in [2.75, 3.05) is 23.3 Å². The van der Waals surface area contributed by atoms with Crippen LogP contribution in [0.15, 0.2) is 35.1 Å². The number of hydrogen-bond acceptors (Lipinski definition) is 4. The zero-order chi connectivity index (χ0) is 17.8. The van der Waals surface area contributed by atoms with Gasteiger partial charge in [0.1, 0.15) is 6.54 Å². The summed E-state index contributed by atoms with van der Waals surface area (Å²) in [7, 11) is 0. The molecule has 6 nitrogen and oxygen atoms in total. The SMILES string of the molecule is Cc1cccc(NC(=O)Cn2c(N3CCCCC3)nc(C)cc2=O)c1. The molecule has 0 aliphatic carbocycles. The molecule has 1 amide bonds. The summed E-state index contributed by atoms with van der Waals surface area (Å²) in [6.45, 7) is 5.49. The fourth-order valence-electron chi connectivity index (χ4n) is 3.16. The molecule has 3 rings (SSSR count). The molecule has 2 heterocycles. The summed E-state index contributed by atoms with van der Waals surface area (Å²) in [5.41, 5.74) is 2.30. The second-order valence-electron chi connectivity index (χ2n) is 6.59. The summed E-state index contributed by atoms with van der Waals surface area (Å²) >= 11 is 0. The Hall–Kier alpha value is -2.63. The van der Waals surface area contributed by atoms with Gasteiger partial charge in [0.25, 0.3) is 5.56 Å². The summed E-state index contributed by atoms with van der Waals surface area (Å²) in [6, 6.07) is 9.09. The van der Waals surface area contributed by atoms with Crippen molar-refractivity contribution in [3.63, 3.8) is 0 Å². The van der Waals surface area contributed by atoms with E-state index in [1.54, 1.807) is 0 Å². The van der Waals surface area contributed by atoms with Gasteiger partial charge in [0.2, 0.25) is 11.9 Å². The van der Waals surface area contributed by atoms with E-state index >= 15 is 0 Å². The first-order valence-electron chi connectivity index (χ1n) is 8.73. The van der Waals surface area contributed by atoms with Crippen LogP contribution in [0.4, 0.5) is 11.6 Å². The van der Waals surface area contributed by atoms with Crippen LogP contribution in [0.2, 0.25) is 0 Å². The molecule has 0 spiro atoms. The topological polar surface area (TPSA) is 67.2 Å². The Balaban J connectivity index is 1.83. The number of piperidine rings is 1. The van der Waals surface area contributed by atoms with Crippen LogP contribution in [0.1, 0.15) is 30.5 Å². The number of rotatable bonds is 4. The molecule has 0 saturated carbocycles. The third-order valence-corrected chi connectivity index (χ3v) is 4.36. The Labute approximate surface area is 147 Å². The summed E-state index contributed by atoms with van der Waals surface area (Å²) in [5, 5.41) is 2.86. The predicted molar refractivity (Wildman–Crippen MR) is 99.1 cm³/mol. The quantitative estimate of drug-likeness (QED) is 0.928. The zero-order valence-electron chi connectivity index (χ0n) is 14.8. The van der Waals surface area contributed by atoms with Gasteiger partial charge in [-0.25, -0.2) is 4.98 Å². The van der Waals surface area contributed by atoms with Gasteiger partial charge in [-0.3, -0.25) is 14.2 Å². The van der Waals surface area contributed by atoms with Crippen LogP contribution >= 0.6 is 0 Å². The molecule has 1 aliphatic rings. The van der Waals surface area contributed by atoms with Crippen molar-refractivity contribution >= 4 is 17.5 Å². The molecule has 0 unspecified atom stereocenters. The summed E-state index contributed by atoms with van der Waals surface area (Å²) in [4.78, 5) is 31.6. The molecule has 0 bridgehead atoms. The van der Waals surface area contributed by atoms with Gasteiger partial charge in [0.05, 0.1) is 0 Å². The van der Waals surface area contributed by atoms with Gasteiger partial charge in [-0.05, 0) is 50.8 Å². The maximum Gasteiger partial charge on any atom is 0.255 e. The maximum atomic E-state index is 12.5. The molecule has 25 heavy (non-hydrogen) atoms. The first-order chi connectivity index (χ1) is 12.0. The monoisotopic (exact) mass is 340 g/mol. The third-order valence-electron chi connectivity index (χ3n) is 4.36. The number of nitrogens with one attached hydrogen (secondary N) is 1. The van der Waals surface area contributed by atoms with Crippen LogP contribution in [0.3, 0.4) is 0 Å². The van der Waals surface area contributed by atoms with E-state index in [1.807, 2.05) is 38.1 Å². The standard InChI is InChI=1S/C19H24N4O2/c1-14-7-6-8-16(11-14)21-17(24)13-23-18(25)12-15(2)20-19(23)22-9-4-3-5-10-22/h6-8,11-12H,3-5,9-10,13H2,1-2H3,(H,21,24). The van der Waals surface area contributed by atoms with E-state index in [2.05, 4.69) is 15.2 Å². The average molecular weight is 340 g/mol. The van der Waals surface area contributed by atoms with Crippen LogP contribution in [-0.4, -0.2) is 28.5 Å². The number of amides is 1. The van der Waals surface area contributed by atoms with Gasteiger partial charge in [-0.1, -0.05) is 12.1 Å². The highest BCUT2D eigenvalue weighted by molar-refractivity contribution is 5.90. The van der Waals surface area contributed by atoms with Crippen LogP contribution < -0.4 is 15.8 Å². The lowest BCUT2D eigenvalue weighted by Crippen LogP contribution is -2.38. The number of aromatic nitrogens is 2. The molecule has 1 saturated heterocycles. The van der Waals surface area contributed by atoms with Gasteiger partial charge < -0.3 is 10.2 Å². The Kier molecular flexibility index (Phi) is 5.16. The van der Waals surface area contributed by atoms with Crippen molar-refractivity contribution in [2.24, 2.45) is 0 Å². The molecule has 1 N–H and O–H groups in total. The number of hydrogen-bond donors (Lipinski definition) is 1. The second kappa shape index (κ2) is 7.51. The molecule has 1 fully saturated rings. The lowest BCUT2D eigenvalue weighted by molar-refractivity contribution is -0.116. The smallest absolute Gasteiger partial charge is 0.255 e. The maximum absolute atomic E-state index is 12.5. The number of benzene rings is 1. The summed E-state index contributed by atoms with van der Waals surface area (Å²) in [6.07, 6.45) is 3.36. The van der Waals surface area contributed by atoms with Crippen molar-refractivity contribution in [1.29, 1.82) is 0 Å². The minimum atomic E-state index is -0.225. The molecule has 1 aromatic heterocycles. The largest absolute Gasteiger partial charge is 0.342 e. The first kappa shape index (κ1) is 17.2. The van der Waals surface area contributed by atoms with Crippen LogP contribution in [0, 0.1) is 13.8 Å². The molecule has 1 aliphatic heterocycles. The molecule has 1 aromatic carbocycles. The van der Waals surface area contributed by atoms with Gasteiger partial charge in [0, 0.05) is 30.5 Å². The Morgan fingerprint density at radius 3 is 2.64 bits per heavy atom. The zero-order valence-corrected chi connectivity index (χ0v) is 14.8. The van der Waals surface area contributed by atoms with Crippen molar-refractivity contribution in [1.82, 2.24) is 9.55 Å². The number of aryl methyl sites for hydroxylation is 2. The molecular weight excluding hydrogens is 316 g/mol. The second-order valence-corrected chi connectivity index (χ2v) is 6.59. The number of carbonyl (C=O) groups excluding carboxylic acids is 1. The van der Waals surface area contributed by atoms with Gasteiger partial charge in [-0.15, -0.1) is 0 Å². The van der Waals surface area contributed by atoms with E-state index < -0.39 is 0 Å². The van der Waals surface area contributed by atoms with Crippen molar-refractivity contribution in [2.45, 2.75) is 39.7 Å². The average Bonchev–Trinajstić information content (AvgIpc) is 2.58. The highest BCUT2D eigenvalue weighted by Crippen LogP contribution is 2.17. The minimum Gasteiger partial charge on any atom is -0.342 e. The lowest BCUT2D eigenvalue weighted by Gasteiger charge is -2.29. The van der Waals surface area contributed by atoms with E-state index in [1.165, 1.54) is 17.1 Å². The molecule has 0 radical (unpaired) electrons. The molecule has 0 atom stereocenters. The van der Waals surface area contributed by atoms with E-state index in [-0.39, 0.29) is 18.0 Å². The van der Waals surface area contributed by atoms with Crippen molar-refractivity contribution < 1.29 is 4.79 Å². The highest BCUT2D eigenvalue weighted by atomic mass is 16.2. The number of nitrogens with zero attached hydrogens (tertiary/aromatic N) is 3. The van der Waals surface area contributed by atoms with Crippen LogP contribution in [0.5, 0.6) is 0 Å². The molecule has 2 aromatic rings. The summed E-state index contributed by atoms with van der Waals surface area (Å²) in [5.74, 6) is 0.376. The Morgan fingerprint density at radius 2 is 1.92 bits per heavy atom. The van der Waals surface area contributed by atoms with Crippen molar-refractivity contribution in [3.05, 3.63) is 51.9 Å². The fraction of sp³-hybridized carbons (Fsp3) is 0.421. The fourth-order valence-corrected chi connectivity index (χ4v) is 3.16. The van der Waals surface area contributed by atoms with E-state index in [9.17, 15) is 9.59 Å². The molecule has 132 valence electrons. The number of anilines is 2.